The lowest BCUT2D eigenvalue weighted by atomic mass is 10.0. The molecule has 7 nitrogen and oxygen atoms in total. The Labute approximate surface area is 138 Å². The molecule has 0 aromatic rings. The van der Waals surface area contributed by atoms with Gasteiger partial charge in [-0.3, -0.25) is 4.79 Å². The quantitative estimate of drug-likeness (QED) is 0.758. The topological polar surface area (TPSA) is 81.9 Å². The number of hydrogen-bond donors (Lipinski definition) is 2. The van der Waals surface area contributed by atoms with Crippen LogP contribution in [0.3, 0.4) is 0 Å². The summed E-state index contributed by atoms with van der Waals surface area (Å²) in [5.74, 6) is 1.26. The Hall–Kier alpha value is -1.34. The highest BCUT2D eigenvalue weighted by Gasteiger charge is 2.42. The van der Waals surface area contributed by atoms with Gasteiger partial charge in [0.2, 0.25) is 5.91 Å². The molecule has 3 aliphatic rings. The van der Waals surface area contributed by atoms with Gasteiger partial charge in [0.25, 0.3) is 0 Å². The Balaban J connectivity index is 1.42. The largest absolute Gasteiger partial charge is 0.331 e. The first-order valence-electron chi connectivity index (χ1n) is 8.70. The van der Waals surface area contributed by atoms with Gasteiger partial charge in [-0.15, -0.1) is 0 Å². The van der Waals surface area contributed by atoms with Crippen molar-refractivity contribution < 1.29 is 9.59 Å². The molecule has 3 rings (SSSR count). The van der Waals surface area contributed by atoms with Gasteiger partial charge in [-0.2, -0.15) is 0 Å². The zero-order chi connectivity index (χ0) is 16.6. The Morgan fingerprint density at radius 2 is 1.87 bits per heavy atom. The summed E-state index contributed by atoms with van der Waals surface area (Å²) in [4.78, 5) is 29.6. The zero-order valence-corrected chi connectivity index (χ0v) is 14.2. The summed E-state index contributed by atoms with van der Waals surface area (Å²) in [5, 5.41) is 3.41. The van der Waals surface area contributed by atoms with E-state index in [9.17, 15) is 9.59 Å². The van der Waals surface area contributed by atoms with Crippen LogP contribution in [-0.4, -0.2) is 79.1 Å². The fourth-order valence-corrected chi connectivity index (χ4v) is 4.34. The van der Waals surface area contributed by atoms with Crippen LogP contribution in [0.4, 0.5) is 4.79 Å². The number of rotatable bonds is 3. The molecule has 3 fully saturated rings. The number of nitrogens with zero attached hydrogens (tertiary/aromatic N) is 3. The minimum Gasteiger partial charge on any atom is -0.331 e. The summed E-state index contributed by atoms with van der Waals surface area (Å²) >= 11 is 0. The van der Waals surface area contributed by atoms with E-state index in [2.05, 4.69) is 5.32 Å². The van der Waals surface area contributed by atoms with Gasteiger partial charge in [0.15, 0.2) is 0 Å². The number of urea groups is 1. The summed E-state index contributed by atoms with van der Waals surface area (Å²) in [6.07, 6.45) is 3.94. The van der Waals surface area contributed by atoms with Crippen molar-refractivity contribution in [2.75, 3.05) is 40.3 Å². The standard InChI is InChI=1S/C16H29N5O2/c1-19(2)16(23)20-9-11-6-13(7-12(11)10-20)18-8-15(22)21-5-3-4-14(21)17/h11-14,18H,3-10,17H2,1-2H3/t11-,12+,13+,14?. The van der Waals surface area contributed by atoms with Crippen LogP contribution < -0.4 is 11.1 Å². The first kappa shape index (κ1) is 16.5. The van der Waals surface area contributed by atoms with Crippen molar-refractivity contribution in [2.24, 2.45) is 17.6 Å². The fourth-order valence-electron chi connectivity index (χ4n) is 4.34. The predicted octanol–water partition coefficient (Wildman–Crippen LogP) is -0.125. The number of nitrogens with two attached hydrogens (primary N) is 1. The highest BCUT2D eigenvalue weighted by molar-refractivity contribution is 5.78. The molecule has 0 bridgehead atoms. The van der Waals surface area contributed by atoms with Crippen molar-refractivity contribution >= 4 is 11.9 Å². The van der Waals surface area contributed by atoms with E-state index in [1.165, 1.54) is 0 Å². The molecule has 3 amide bonds. The summed E-state index contributed by atoms with van der Waals surface area (Å²) in [6.45, 7) is 2.88. The molecular formula is C16H29N5O2. The number of likely N-dealkylation sites (tertiary alicyclic amines) is 2. The van der Waals surface area contributed by atoms with Crippen LogP contribution in [0.1, 0.15) is 25.7 Å². The van der Waals surface area contributed by atoms with Crippen LogP contribution in [0.5, 0.6) is 0 Å². The molecule has 1 saturated carbocycles. The van der Waals surface area contributed by atoms with Crippen molar-refractivity contribution in [3.05, 3.63) is 0 Å². The number of fused-ring (bicyclic) bond motifs is 1. The van der Waals surface area contributed by atoms with Crippen molar-refractivity contribution in [1.82, 2.24) is 20.0 Å². The lowest BCUT2D eigenvalue weighted by Crippen LogP contribution is -2.46. The van der Waals surface area contributed by atoms with Crippen LogP contribution in [0, 0.1) is 11.8 Å². The molecule has 2 saturated heterocycles. The van der Waals surface area contributed by atoms with Gasteiger partial charge in [0.05, 0.1) is 12.7 Å². The van der Waals surface area contributed by atoms with E-state index in [-0.39, 0.29) is 18.1 Å². The van der Waals surface area contributed by atoms with E-state index >= 15 is 0 Å². The summed E-state index contributed by atoms with van der Waals surface area (Å²) < 4.78 is 0. The van der Waals surface area contributed by atoms with Crippen molar-refractivity contribution in [2.45, 2.75) is 37.9 Å². The monoisotopic (exact) mass is 323 g/mol. The van der Waals surface area contributed by atoms with Gasteiger partial charge < -0.3 is 25.8 Å². The van der Waals surface area contributed by atoms with Gasteiger partial charge in [-0.1, -0.05) is 0 Å². The average Bonchev–Trinajstić information content (AvgIpc) is 3.17. The molecule has 2 aliphatic heterocycles. The second-order valence-corrected chi connectivity index (χ2v) is 7.45. The highest BCUT2D eigenvalue weighted by Crippen LogP contribution is 2.38. The van der Waals surface area contributed by atoms with Crippen LogP contribution >= 0.6 is 0 Å². The smallest absolute Gasteiger partial charge is 0.319 e. The minimum atomic E-state index is -0.0992. The number of carbonyl (C=O) groups excluding carboxylic acids is 2. The normalized spacial score (nSPS) is 33.2. The van der Waals surface area contributed by atoms with Gasteiger partial charge in [-0.05, 0) is 37.5 Å². The third-order valence-electron chi connectivity index (χ3n) is 5.57. The third kappa shape index (κ3) is 3.45. The Bertz CT molecular complexity index is 455. The van der Waals surface area contributed by atoms with E-state index in [4.69, 9.17) is 5.73 Å². The van der Waals surface area contributed by atoms with Gasteiger partial charge >= 0.3 is 6.03 Å². The molecule has 0 aromatic carbocycles. The second kappa shape index (κ2) is 6.65. The van der Waals surface area contributed by atoms with Gasteiger partial charge in [0, 0.05) is 39.8 Å². The van der Waals surface area contributed by atoms with E-state index in [1.807, 2.05) is 4.90 Å². The molecule has 1 aliphatic carbocycles. The lowest BCUT2D eigenvalue weighted by molar-refractivity contribution is -0.131. The summed E-state index contributed by atoms with van der Waals surface area (Å²) in [7, 11) is 3.60. The maximum atomic E-state index is 12.2. The van der Waals surface area contributed by atoms with Crippen LogP contribution in [0.2, 0.25) is 0 Å². The number of nitrogens with one attached hydrogen (secondary N) is 1. The number of carbonyl (C=O) groups is 2. The van der Waals surface area contributed by atoms with E-state index in [1.54, 1.807) is 23.9 Å². The molecule has 130 valence electrons. The van der Waals surface area contributed by atoms with E-state index < -0.39 is 0 Å². The van der Waals surface area contributed by atoms with Crippen molar-refractivity contribution in [3.8, 4) is 0 Å². The highest BCUT2D eigenvalue weighted by atomic mass is 16.2. The van der Waals surface area contributed by atoms with Crippen molar-refractivity contribution in [1.29, 1.82) is 0 Å². The first-order chi connectivity index (χ1) is 11.0. The van der Waals surface area contributed by atoms with E-state index in [0.717, 1.165) is 45.3 Å². The predicted molar refractivity (Wildman–Crippen MR) is 87.6 cm³/mol. The van der Waals surface area contributed by atoms with E-state index in [0.29, 0.717) is 24.4 Å². The Morgan fingerprint density at radius 3 is 2.39 bits per heavy atom. The Kier molecular flexibility index (Phi) is 4.77. The molecule has 3 N–H and O–H groups in total. The molecule has 7 heteroatoms. The van der Waals surface area contributed by atoms with Crippen LogP contribution in [-0.2, 0) is 4.79 Å². The fraction of sp³-hybridized carbons (Fsp3) is 0.875. The van der Waals surface area contributed by atoms with Gasteiger partial charge in [0.1, 0.15) is 0 Å². The Morgan fingerprint density at radius 1 is 1.22 bits per heavy atom. The second-order valence-electron chi connectivity index (χ2n) is 7.45. The maximum absolute atomic E-state index is 12.2. The number of hydrogen-bond acceptors (Lipinski definition) is 4. The molecule has 2 heterocycles. The molecular weight excluding hydrogens is 294 g/mol. The van der Waals surface area contributed by atoms with Gasteiger partial charge in [-0.25, -0.2) is 4.79 Å². The molecule has 0 aromatic heterocycles. The number of amides is 3. The first-order valence-corrected chi connectivity index (χ1v) is 8.70. The SMILES string of the molecule is CN(C)C(=O)N1C[C@H]2C[C@H](NCC(=O)N3CCCC3N)C[C@H]2C1. The molecule has 0 spiro atoms. The summed E-state index contributed by atoms with van der Waals surface area (Å²) in [6, 6.07) is 0.506. The third-order valence-corrected chi connectivity index (χ3v) is 5.57. The molecule has 1 unspecified atom stereocenters. The lowest BCUT2D eigenvalue weighted by Gasteiger charge is -2.24. The minimum absolute atomic E-state index is 0.0992. The summed E-state index contributed by atoms with van der Waals surface area (Å²) in [5.41, 5.74) is 5.94. The molecule has 23 heavy (non-hydrogen) atoms. The van der Waals surface area contributed by atoms with Crippen LogP contribution in [0.15, 0.2) is 0 Å². The molecule has 0 radical (unpaired) electrons. The van der Waals surface area contributed by atoms with Crippen LogP contribution in [0.25, 0.3) is 0 Å². The average molecular weight is 323 g/mol. The van der Waals surface area contributed by atoms with Crippen molar-refractivity contribution in [3.63, 3.8) is 0 Å². The zero-order valence-electron chi connectivity index (χ0n) is 14.2. The maximum Gasteiger partial charge on any atom is 0.319 e. The molecule has 4 atom stereocenters.